The van der Waals surface area contributed by atoms with Crippen molar-refractivity contribution in [3.05, 3.63) is 23.5 Å². The Balaban J connectivity index is 2.04. The maximum absolute atomic E-state index is 12.4. The highest BCUT2D eigenvalue weighted by molar-refractivity contribution is 7.89. The zero-order valence-electron chi connectivity index (χ0n) is 10.9. The van der Waals surface area contributed by atoms with Gasteiger partial charge in [-0.3, -0.25) is 4.98 Å². The highest BCUT2D eigenvalue weighted by Crippen LogP contribution is 2.26. The zero-order chi connectivity index (χ0) is 14.6. The number of piperidine rings is 1. The van der Waals surface area contributed by atoms with Crippen LogP contribution in [0.5, 0.6) is 0 Å². The van der Waals surface area contributed by atoms with Crippen LogP contribution in [0, 0.1) is 0 Å². The number of ether oxygens (including phenoxy) is 1. The first-order valence-corrected chi connectivity index (χ1v) is 8.19. The number of rotatable bonds is 5. The van der Waals surface area contributed by atoms with Crippen molar-refractivity contribution in [3.8, 4) is 0 Å². The number of nitrogens with zero attached hydrogens (tertiary/aromatic N) is 2. The number of pyridine rings is 1. The molecule has 0 aliphatic carbocycles. The summed E-state index contributed by atoms with van der Waals surface area (Å²) in [5, 5.41) is 8.88. The lowest BCUT2D eigenvalue weighted by Gasteiger charge is -2.31. The molecule has 1 aromatic heterocycles. The van der Waals surface area contributed by atoms with Crippen LogP contribution >= 0.6 is 11.6 Å². The van der Waals surface area contributed by atoms with Crippen molar-refractivity contribution < 1.29 is 18.3 Å². The Hall–Kier alpha value is -0.730. The van der Waals surface area contributed by atoms with Crippen LogP contribution in [0.25, 0.3) is 0 Å². The molecule has 2 rings (SSSR count). The largest absolute Gasteiger partial charge is 0.394 e. The van der Waals surface area contributed by atoms with Gasteiger partial charge in [0.25, 0.3) is 0 Å². The van der Waals surface area contributed by atoms with Crippen molar-refractivity contribution in [2.24, 2.45) is 0 Å². The number of hydrogen-bond donors (Lipinski definition) is 1. The Bertz CT molecular complexity index is 544. The van der Waals surface area contributed by atoms with Crippen molar-refractivity contribution >= 4 is 21.6 Å². The Morgan fingerprint density at radius 1 is 1.45 bits per heavy atom. The molecule has 1 aromatic rings. The van der Waals surface area contributed by atoms with Gasteiger partial charge in [-0.05, 0) is 18.9 Å². The average molecular weight is 321 g/mol. The van der Waals surface area contributed by atoms with Crippen molar-refractivity contribution in [2.45, 2.75) is 23.8 Å². The molecule has 0 radical (unpaired) electrons. The lowest BCUT2D eigenvalue weighted by atomic mass is 10.1. The molecule has 8 heteroatoms. The predicted molar refractivity (Wildman–Crippen MR) is 74.1 cm³/mol. The highest BCUT2D eigenvalue weighted by Gasteiger charge is 2.31. The summed E-state index contributed by atoms with van der Waals surface area (Å²) in [6, 6.07) is 1.46. The molecule has 6 nitrogen and oxygen atoms in total. The fourth-order valence-corrected chi connectivity index (χ4v) is 4.03. The molecule has 0 bridgehead atoms. The molecule has 1 saturated heterocycles. The lowest BCUT2D eigenvalue weighted by Crippen LogP contribution is -2.41. The molecule has 0 spiro atoms. The van der Waals surface area contributed by atoms with Crippen LogP contribution in [0.4, 0.5) is 0 Å². The second-order valence-electron chi connectivity index (χ2n) is 4.50. The molecular weight excluding hydrogens is 304 g/mol. The van der Waals surface area contributed by atoms with Crippen molar-refractivity contribution in [1.29, 1.82) is 0 Å². The summed E-state index contributed by atoms with van der Waals surface area (Å²) in [7, 11) is -3.60. The van der Waals surface area contributed by atoms with Gasteiger partial charge in [-0.15, -0.1) is 0 Å². The number of aliphatic hydroxyl groups is 1. The van der Waals surface area contributed by atoms with Crippen LogP contribution in [0.2, 0.25) is 5.02 Å². The molecule has 112 valence electrons. The summed E-state index contributed by atoms with van der Waals surface area (Å²) >= 11 is 5.93. The van der Waals surface area contributed by atoms with Crippen molar-refractivity contribution in [1.82, 2.24) is 9.29 Å². The van der Waals surface area contributed by atoms with Gasteiger partial charge in [0.05, 0.1) is 24.3 Å². The predicted octanol–water partition coefficient (Wildman–Crippen LogP) is 0.897. The Kier molecular flexibility index (Phi) is 5.34. The summed E-state index contributed by atoms with van der Waals surface area (Å²) < 4.78 is 31.7. The molecule has 1 fully saturated rings. The maximum atomic E-state index is 12.4. The van der Waals surface area contributed by atoms with E-state index in [2.05, 4.69) is 4.98 Å². The third-order valence-corrected chi connectivity index (χ3v) is 5.57. The molecule has 20 heavy (non-hydrogen) atoms. The molecule has 0 amide bonds. The normalized spacial score (nSPS) is 18.3. The molecular formula is C12H17ClN2O4S. The van der Waals surface area contributed by atoms with E-state index in [1.807, 2.05) is 0 Å². The molecule has 2 heterocycles. The van der Waals surface area contributed by atoms with E-state index in [1.165, 1.54) is 22.8 Å². The fourth-order valence-electron chi connectivity index (χ4n) is 2.15. The van der Waals surface area contributed by atoms with E-state index in [9.17, 15) is 8.42 Å². The second kappa shape index (κ2) is 6.82. The summed E-state index contributed by atoms with van der Waals surface area (Å²) in [5.41, 5.74) is 0. The van der Waals surface area contributed by atoms with Crippen molar-refractivity contribution in [2.75, 3.05) is 26.3 Å². The minimum absolute atomic E-state index is 0.00188. The van der Waals surface area contributed by atoms with E-state index in [0.717, 1.165) is 0 Å². The first-order valence-electron chi connectivity index (χ1n) is 6.38. The highest BCUT2D eigenvalue weighted by atomic mass is 35.5. The molecule has 1 aliphatic rings. The quantitative estimate of drug-likeness (QED) is 0.872. The minimum Gasteiger partial charge on any atom is -0.394 e. The van der Waals surface area contributed by atoms with Crippen LogP contribution < -0.4 is 0 Å². The number of sulfonamides is 1. The van der Waals surface area contributed by atoms with E-state index in [1.54, 1.807) is 0 Å². The smallest absolute Gasteiger partial charge is 0.246 e. The summed E-state index contributed by atoms with van der Waals surface area (Å²) in [4.78, 5) is 3.86. The van der Waals surface area contributed by atoms with Crippen LogP contribution in [-0.2, 0) is 14.8 Å². The van der Waals surface area contributed by atoms with E-state index >= 15 is 0 Å². The molecule has 0 unspecified atom stereocenters. The first-order chi connectivity index (χ1) is 9.55. The van der Waals surface area contributed by atoms with Gasteiger partial charge >= 0.3 is 0 Å². The topological polar surface area (TPSA) is 79.7 Å². The third-order valence-electron chi connectivity index (χ3n) is 3.20. The van der Waals surface area contributed by atoms with E-state index in [-0.39, 0.29) is 29.2 Å². The van der Waals surface area contributed by atoms with Crippen LogP contribution in [-0.4, -0.2) is 55.2 Å². The standard InChI is InChI=1S/C12H17ClN2O4S/c13-11-1-4-14-9-12(11)20(17,18)15-5-2-10(3-6-15)19-8-7-16/h1,4,9-10,16H,2-3,5-8H2. The summed E-state index contributed by atoms with van der Waals surface area (Å²) in [6.07, 6.45) is 3.94. The van der Waals surface area contributed by atoms with Crippen LogP contribution in [0.3, 0.4) is 0 Å². The zero-order valence-corrected chi connectivity index (χ0v) is 12.5. The molecule has 1 aliphatic heterocycles. The summed E-state index contributed by atoms with van der Waals surface area (Å²) in [6.45, 7) is 1.02. The fraction of sp³-hybridized carbons (Fsp3) is 0.583. The Morgan fingerprint density at radius 2 is 2.15 bits per heavy atom. The number of halogens is 1. The monoisotopic (exact) mass is 320 g/mol. The van der Waals surface area contributed by atoms with E-state index in [0.29, 0.717) is 25.9 Å². The SMILES string of the molecule is O=S(=O)(c1cnccc1Cl)N1CCC(OCCO)CC1. The van der Waals surface area contributed by atoms with E-state index in [4.69, 9.17) is 21.4 Å². The van der Waals surface area contributed by atoms with Gasteiger partial charge < -0.3 is 9.84 Å². The third kappa shape index (κ3) is 3.48. The van der Waals surface area contributed by atoms with Crippen molar-refractivity contribution in [3.63, 3.8) is 0 Å². The molecule has 0 atom stereocenters. The molecule has 0 saturated carbocycles. The van der Waals surface area contributed by atoms with Crippen LogP contribution in [0.1, 0.15) is 12.8 Å². The van der Waals surface area contributed by atoms with Gasteiger partial charge in [0.1, 0.15) is 4.90 Å². The molecule has 0 aromatic carbocycles. The van der Waals surface area contributed by atoms with Gasteiger partial charge in [-0.1, -0.05) is 11.6 Å². The van der Waals surface area contributed by atoms with Crippen LogP contribution in [0.15, 0.2) is 23.4 Å². The summed E-state index contributed by atoms with van der Waals surface area (Å²) in [5.74, 6) is 0. The Morgan fingerprint density at radius 3 is 2.75 bits per heavy atom. The lowest BCUT2D eigenvalue weighted by molar-refractivity contribution is 0.00318. The van der Waals surface area contributed by atoms with Gasteiger partial charge in [-0.2, -0.15) is 4.31 Å². The average Bonchev–Trinajstić information content (AvgIpc) is 2.46. The number of aliphatic hydroxyl groups excluding tert-OH is 1. The number of aromatic nitrogens is 1. The van der Waals surface area contributed by atoms with Gasteiger partial charge in [0.2, 0.25) is 10.0 Å². The van der Waals surface area contributed by atoms with Gasteiger partial charge in [0.15, 0.2) is 0 Å². The van der Waals surface area contributed by atoms with Gasteiger partial charge in [0, 0.05) is 25.5 Å². The van der Waals surface area contributed by atoms with Gasteiger partial charge in [-0.25, -0.2) is 8.42 Å². The maximum Gasteiger partial charge on any atom is 0.246 e. The Labute approximate surface area is 123 Å². The first kappa shape index (κ1) is 15.7. The second-order valence-corrected chi connectivity index (χ2v) is 6.82. The minimum atomic E-state index is -3.60. The number of hydrogen-bond acceptors (Lipinski definition) is 5. The van der Waals surface area contributed by atoms with E-state index < -0.39 is 10.0 Å². The molecule has 1 N–H and O–H groups in total.